The van der Waals surface area contributed by atoms with E-state index >= 15 is 0 Å². The molecule has 20 heteroatoms. The summed E-state index contributed by atoms with van der Waals surface area (Å²) in [6, 6.07) is 0. The van der Waals surface area contributed by atoms with Crippen molar-refractivity contribution in [3.05, 3.63) is 0 Å². The first-order valence-electron chi connectivity index (χ1n) is 3.42. The Morgan fingerprint density at radius 2 is 0.600 bits per heavy atom. The molecule has 0 aliphatic heterocycles. The fourth-order valence-electron chi connectivity index (χ4n) is 0. The summed E-state index contributed by atoms with van der Waals surface area (Å²) in [6.45, 7) is 0. The molecule has 0 atom stereocenters. The van der Waals surface area contributed by atoms with Crippen LogP contribution >= 0.6 is 23.5 Å². The summed E-state index contributed by atoms with van der Waals surface area (Å²) in [5.41, 5.74) is 0. The molecule has 0 heterocycles. The Morgan fingerprint density at radius 3 is 0.600 bits per heavy atom. The quantitative estimate of drug-likeness (QED) is 0.300. The summed E-state index contributed by atoms with van der Waals surface area (Å²) in [4.78, 5) is 55.7. The van der Waals surface area contributed by atoms with E-state index in [1.54, 1.807) is 0 Å². The average molecular weight is 432 g/mol. The fourth-order valence-corrected chi connectivity index (χ4v) is 0. The molecule has 0 rings (SSSR count). The van der Waals surface area contributed by atoms with Crippen LogP contribution in [0, 0.1) is 0 Å². The Bertz CT molecular complexity index is 277. The average Bonchev–Trinajstić information content (AvgIpc) is 2.16. The van der Waals surface area contributed by atoms with E-state index in [-0.39, 0.29) is 66.2 Å². The molecule has 0 aliphatic rings. The summed E-state index contributed by atoms with van der Waals surface area (Å²) in [5.74, 6) is 0. The molecule has 0 aliphatic carbocycles. The van der Waals surface area contributed by atoms with Crippen LogP contribution in [0.5, 0.6) is 0 Å². The van der Waals surface area contributed by atoms with E-state index in [2.05, 4.69) is 12.6 Å². The second-order valence-electron chi connectivity index (χ2n) is 1.89. The van der Waals surface area contributed by atoms with Crippen LogP contribution in [0.4, 0.5) is 0 Å². The van der Waals surface area contributed by atoms with E-state index in [0.29, 0.717) is 0 Å². The topological polar surface area (TPSA) is 217 Å². The largest absolute Gasteiger partial charge is 3.00 e. The summed E-state index contributed by atoms with van der Waals surface area (Å²) < 4.78 is 38.4. The Morgan fingerprint density at radius 1 is 0.550 bits per heavy atom. The Hall–Kier alpha value is 2.05. The van der Waals surface area contributed by atoms with Gasteiger partial charge < -0.3 is 55.7 Å². The van der Waals surface area contributed by atoms with Gasteiger partial charge in [0.05, 0.1) is 0 Å². The van der Waals surface area contributed by atoms with Crippen LogP contribution in [0.1, 0.15) is 0 Å². The first-order valence-corrected chi connectivity index (χ1v) is 10.2. The van der Waals surface area contributed by atoms with Crippen LogP contribution in [0.15, 0.2) is 0 Å². The van der Waals surface area contributed by atoms with Crippen molar-refractivity contribution in [2.75, 3.05) is 0 Å². The summed E-state index contributed by atoms with van der Waals surface area (Å²) in [7, 11) is -13.9. The molecule has 0 saturated carbocycles. The van der Waals surface area contributed by atoms with Crippen LogP contribution in [-0.4, -0.2) is 66.2 Å². The molecule has 0 saturated heterocycles. The molecule has 0 fully saturated rings. The van der Waals surface area contributed by atoms with Crippen molar-refractivity contribution in [2.45, 2.75) is 0 Å². The van der Waals surface area contributed by atoms with E-state index in [1.165, 1.54) is 0 Å². The zero-order valence-corrected chi connectivity index (χ0v) is 21.4. The molecule has 0 spiro atoms. The van der Waals surface area contributed by atoms with Gasteiger partial charge in [0.15, 0.2) is 31.5 Å². The van der Waals surface area contributed by atoms with Gasteiger partial charge in [-0.15, -0.1) is 0 Å². The van der Waals surface area contributed by atoms with Gasteiger partial charge in [-0.25, -0.2) is 0 Å². The van der Waals surface area contributed by atoms with Crippen LogP contribution in [0.3, 0.4) is 0 Å². The van der Waals surface area contributed by atoms with Gasteiger partial charge in [-0.3, -0.25) is 0 Å². The Labute approximate surface area is 145 Å². The van der Waals surface area contributed by atoms with Crippen molar-refractivity contribution in [2.24, 2.45) is 0 Å². The van der Waals surface area contributed by atoms with E-state index in [1.807, 2.05) is 0 Å². The third-order valence-electron chi connectivity index (χ3n) is 0.671. The first-order chi connectivity index (χ1) is 7.68. The predicted octanol–water partition coefficient (Wildman–Crippen LogP) is -9.43. The van der Waals surface area contributed by atoms with Gasteiger partial charge in [0, 0.05) is 23.5 Å². The van der Waals surface area contributed by atoms with Crippen molar-refractivity contribution in [1.82, 2.24) is 0 Å². The molecule has 0 bridgehead atoms. The molecule has 0 N–H and O–H groups in total. The van der Waals surface area contributed by atoms with Crippen molar-refractivity contribution in [3.8, 4) is 0 Å². The van der Waals surface area contributed by atoms with Gasteiger partial charge >= 0.3 is 34.7 Å². The van der Waals surface area contributed by atoms with Gasteiger partial charge in [-0.1, -0.05) is 0 Å². The molecule has 12 nitrogen and oxygen atoms in total. The minimum Gasteiger partial charge on any atom is -0.791 e. The minimum atomic E-state index is -4.58. The van der Waals surface area contributed by atoms with Gasteiger partial charge in [0.1, 0.15) is 0 Å². The van der Waals surface area contributed by atoms with Gasteiger partial charge in [0.25, 0.3) is 0 Å². The predicted molar refractivity (Wildman–Crippen MR) is 67.4 cm³/mol. The second-order valence-corrected chi connectivity index (χ2v) is 8.95. The monoisotopic (exact) mass is 432 g/mol. The fraction of sp³-hybridized carbons (Fsp3) is 0. The van der Waals surface area contributed by atoms with E-state index < -0.39 is 23.5 Å². The number of phosphoric acid groups is 3. The molecule has 20 heavy (non-hydrogen) atoms. The zero-order chi connectivity index (χ0) is 15.6. The van der Waals surface area contributed by atoms with E-state index in [9.17, 15) is 43.1 Å². The zero-order valence-electron chi connectivity index (χ0n) is 10.4. The smallest absolute Gasteiger partial charge is 0.791 e. The third kappa shape index (κ3) is 59.6. The van der Waals surface area contributed by atoms with Crippen molar-refractivity contribution in [1.29, 1.82) is 0 Å². The van der Waals surface area contributed by atoms with Crippen molar-refractivity contribution >= 4 is 89.6 Å². The molecular formula is H9Al2O12P3Si3. The number of rotatable bonds is 3. The Kier molecular flexibility index (Phi) is 26.8. The molecule has 0 aromatic carbocycles. The second kappa shape index (κ2) is 15.9. The van der Waals surface area contributed by atoms with E-state index in [4.69, 9.17) is 0 Å². The minimum absolute atomic E-state index is 0. The van der Waals surface area contributed by atoms with Crippen molar-refractivity contribution in [3.63, 3.8) is 0 Å². The number of hydrogen-bond donors (Lipinski definition) is 0. The maximum Gasteiger partial charge on any atom is 3.00 e. The maximum atomic E-state index is 9.28. The standard InChI is InChI=1S/2Al.3H5O4PSi/c;;3*1-5(2,3)4-6/h;;3*6H3,(H2,1,2,3)/q2*+3;;;/p-6. The SMILES string of the molecule is O=P([O-])([O-])O[SiH3].O=P([O-])([O-])O[SiH3].O=P([O-])([O-])O[SiH3].[Al+3].[Al+3]. The summed E-state index contributed by atoms with van der Waals surface area (Å²) in [5, 5.41) is 0. The molecular weight excluding hydrogens is 423 g/mol. The van der Waals surface area contributed by atoms with Gasteiger partial charge in [-0.2, -0.15) is 0 Å². The molecule has 0 amide bonds. The molecule has 0 aromatic rings. The molecule has 0 unspecified atom stereocenters. The van der Waals surface area contributed by atoms with Crippen LogP contribution < -0.4 is 29.4 Å². The summed E-state index contributed by atoms with van der Waals surface area (Å²) >= 11 is 0. The normalized spacial score (nSPS) is 11.1. The van der Waals surface area contributed by atoms with Gasteiger partial charge in [0.2, 0.25) is 0 Å². The molecule has 0 aromatic heterocycles. The van der Waals surface area contributed by atoms with Crippen LogP contribution in [-0.2, 0) is 26.3 Å². The van der Waals surface area contributed by atoms with Gasteiger partial charge in [-0.05, 0) is 0 Å². The first kappa shape index (κ1) is 33.6. The number of hydrogen-bond acceptors (Lipinski definition) is 12. The van der Waals surface area contributed by atoms with Crippen molar-refractivity contribution < 1.29 is 55.7 Å². The maximum absolute atomic E-state index is 9.28. The molecule has 114 valence electrons. The van der Waals surface area contributed by atoms with Crippen LogP contribution in [0.2, 0.25) is 0 Å². The Balaban J connectivity index is -0.0000000536. The summed E-state index contributed by atoms with van der Waals surface area (Å²) in [6.07, 6.45) is 0. The third-order valence-corrected chi connectivity index (χ3v) is 6.04. The molecule has 0 radical (unpaired) electrons. The van der Waals surface area contributed by atoms with Crippen LogP contribution in [0.25, 0.3) is 0 Å². The van der Waals surface area contributed by atoms with E-state index in [0.717, 1.165) is 0 Å².